The third-order valence-electron chi connectivity index (χ3n) is 2.32. The van der Waals surface area contributed by atoms with Gasteiger partial charge in [-0.3, -0.25) is 0 Å². The summed E-state index contributed by atoms with van der Waals surface area (Å²) in [5.74, 6) is 0.586. The van der Waals surface area contributed by atoms with Gasteiger partial charge in [-0.1, -0.05) is 36.0 Å². The number of aryl methyl sites for hydroxylation is 1. The molecule has 1 aromatic heterocycles. The van der Waals surface area contributed by atoms with Crippen molar-refractivity contribution in [1.29, 1.82) is 0 Å². The number of hydrogen-bond acceptors (Lipinski definition) is 5. The smallest absolute Gasteiger partial charge is 0.328 e. The molecule has 0 aliphatic rings. The van der Waals surface area contributed by atoms with Crippen molar-refractivity contribution in [2.45, 2.75) is 17.0 Å². The molecule has 0 amide bonds. The highest BCUT2D eigenvalue weighted by atomic mass is 32.2. The van der Waals surface area contributed by atoms with Gasteiger partial charge in [0, 0.05) is 11.8 Å². The summed E-state index contributed by atoms with van der Waals surface area (Å²) >= 11 is 2.99. The quantitative estimate of drug-likeness (QED) is 0.677. The average Bonchev–Trinajstić information content (AvgIpc) is 2.80. The summed E-state index contributed by atoms with van der Waals surface area (Å²) in [6.07, 6.45) is 2.77. The minimum absolute atomic E-state index is 0.745. The van der Waals surface area contributed by atoms with E-state index in [-0.39, 0.29) is 0 Å². The number of carboxylic acids is 1. The largest absolute Gasteiger partial charge is 0.478 e. The van der Waals surface area contributed by atoms with E-state index in [1.807, 2.05) is 31.2 Å². The molecule has 1 heterocycles. The number of benzene rings is 1. The molecule has 2 aromatic rings. The second kappa shape index (κ2) is 6.49. The molecular formula is C13H12N2O2S2. The topological polar surface area (TPSA) is 63.1 Å². The van der Waals surface area contributed by atoms with Gasteiger partial charge in [0.15, 0.2) is 4.34 Å². The highest BCUT2D eigenvalue weighted by Gasteiger charge is 2.04. The number of carboxylic acid groups (broad SMARTS) is 1. The molecule has 98 valence electrons. The van der Waals surface area contributed by atoms with Crippen molar-refractivity contribution in [2.75, 3.05) is 0 Å². The second-order valence-electron chi connectivity index (χ2n) is 3.77. The van der Waals surface area contributed by atoms with E-state index < -0.39 is 5.97 Å². The van der Waals surface area contributed by atoms with Crippen LogP contribution in [-0.4, -0.2) is 20.4 Å². The van der Waals surface area contributed by atoms with Crippen LogP contribution in [-0.2, 0) is 10.5 Å². The predicted molar refractivity (Wildman–Crippen MR) is 77.3 cm³/mol. The molecule has 19 heavy (non-hydrogen) atoms. The molecule has 6 heteroatoms. The van der Waals surface area contributed by atoms with Gasteiger partial charge in [0.2, 0.25) is 0 Å². The van der Waals surface area contributed by atoms with Gasteiger partial charge in [0.1, 0.15) is 5.82 Å². The molecule has 0 aliphatic heterocycles. The Hall–Kier alpha value is -1.66. The van der Waals surface area contributed by atoms with Crippen LogP contribution < -0.4 is 0 Å². The molecule has 2 rings (SSSR count). The fourth-order valence-electron chi connectivity index (χ4n) is 1.47. The lowest BCUT2D eigenvalue weighted by Gasteiger charge is -2.03. The molecule has 0 spiro atoms. The number of hydrogen-bond donors (Lipinski definition) is 1. The number of nitrogens with zero attached hydrogens (tertiary/aromatic N) is 2. The zero-order valence-corrected chi connectivity index (χ0v) is 11.9. The van der Waals surface area contributed by atoms with Crippen LogP contribution in [0.3, 0.4) is 0 Å². The third kappa shape index (κ3) is 4.18. The fraction of sp³-hybridized carbons (Fsp3) is 0.154. The number of aromatic nitrogens is 2. The Balaban J connectivity index is 2.09. The van der Waals surface area contributed by atoms with Gasteiger partial charge in [0.25, 0.3) is 0 Å². The van der Waals surface area contributed by atoms with Gasteiger partial charge >= 0.3 is 5.97 Å². The number of thioether (sulfide) groups is 1. The van der Waals surface area contributed by atoms with Gasteiger partial charge in [-0.15, -0.1) is 0 Å². The van der Waals surface area contributed by atoms with E-state index >= 15 is 0 Å². The molecular weight excluding hydrogens is 280 g/mol. The van der Waals surface area contributed by atoms with E-state index in [1.165, 1.54) is 11.5 Å². The van der Waals surface area contributed by atoms with Gasteiger partial charge < -0.3 is 5.11 Å². The van der Waals surface area contributed by atoms with Gasteiger partial charge in [-0.05, 0) is 35.7 Å². The van der Waals surface area contributed by atoms with Crippen LogP contribution in [0.15, 0.2) is 34.7 Å². The maximum atomic E-state index is 10.6. The van der Waals surface area contributed by atoms with Gasteiger partial charge in [-0.2, -0.15) is 4.37 Å². The normalized spacial score (nSPS) is 11.0. The van der Waals surface area contributed by atoms with Crippen LogP contribution in [0, 0.1) is 6.92 Å². The van der Waals surface area contributed by atoms with E-state index in [0.29, 0.717) is 0 Å². The van der Waals surface area contributed by atoms with Crippen LogP contribution in [0.25, 0.3) is 6.08 Å². The number of rotatable bonds is 5. The Kier molecular flexibility index (Phi) is 4.70. The number of carbonyl (C=O) groups is 1. The van der Waals surface area contributed by atoms with E-state index in [9.17, 15) is 4.79 Å². The summed E-state index contributed by atoms with van der Waals surface area (Å²) in [5, 5.41) is 8.67. The zero-order chi connectivity index (χ0) is 13.7. The lowest BCUT2D eigenvalue weighted by Crippen LogP contribution is -1.89. The fourth-order valence-corrected chi connectivity index (χ4v) is 3.13. The van der Waals surface area contributed by atoms with Crippen LogP contribution in [0.5, 0.6) is 0 Å². The first-order valence-electron chi connectivity index (χ1n) is 5.57. The molecule has 0 aliphatic carbocycles. The van der Waals surface area contributed by atoms with E-state index in [4.69, 9.17) is 5.11 Å². The van der Waals surface area contributed by atoms with Crippen molar-refractivity contribution in [2.24, 2.45) is 0 Å². The van der Waals surface area contributed by atoms with Crippen molar-refractivity contribution < 1.29 is 9.90 Å². The summed E-state index contributed by atoms with van der Waals surface area (Å²) in [6.45, 7) is 1.87. The molecule has 0 bridgehead atoms. The summed E-state index contributed by atoms with van der Waals surface area (Å²) in [4.78, 5) is 14.8. The molecule has 0 saturated carbocycles. The van der Waals surface area contributed by atoms with Gasteiger partial charge in [-0.25, -0.2) is 9.78 Å². The van der Waals surface area contributed by atoms with Crippen LogP contribution >= 0.6 is 23.3 Å². The highest BCUT2D eigenvalue weighted by molar-refractivity contribution is 8.00. The predicted octanol–water partition coefficient (Wildman–Crippen LogP) is 3.24. The standard InChI is InChI=1S/C13H12N2O2S2/c1-9-14-13(19-15-9)18-8-11-5-3-2-4-10(11)6-7-12(16)17/h2-7H,8H2,1H3,(H,16,17). The van der Waals surface area contributed by atoms with E-state index in [2.05, 4.69) is 9.36 Å². The molecule has 0 radical (unpaired) electrons. The minimum atomic E-state index is -0.942. The SMILES string of the molecule is Cc1nsc(SCc2ccccc2C=CC(=O)O)n1. The summed E-state index contributed by atoms with van der Waals surface area (Å²) in [5.41, 5.74) is 2.00. The van der Waals surface area contributed by atoms with Crippen LogP contribution in [0.2, 0.25) is 0 Å². The lowest BCUT2D eigenvalue weighted by atomic mass is 10.1. The molecule has 0 atom stereocenters. The summed E-state index contributed by atoms with van der Waals surface area (Å²) in [7, 11) is 0. The Morgan fingerprint density at radius 3 is 2.95 bits per heavy atom. The first-order valence-corrected chi connectivity index (χ1v) is 7.33. The van der Waals surface area contributed by atoms with Crippen molar-refractivity contribution in [3.8, 4) is 0 Å². The maximum absolute atomic E-state index is 10.6. The summed E-state index contributed by atoms with van der Waals surface area (Å²) in [6, 6.07) is 7.73. The van der Waals surface area contributed by atoms with Gasteiger partial charge in [0.05, 0.1) is 0 Å². The van der Waals surface area contributed by atoms with E-state index in [1.54, 1.807) is 17.8 Å². The minimum Gasteiger partial charge on any atom is -0.478 e. The molecule has 0 fully saturated rings. The van der Waals surface area contributed by atoms with Crippen molar-refractivity contribution in [3.63, 3.8) is 0 Å². The highest BCUT2D eigenvalue weighted by Crippen LogP contribution is 2.26. The first kappa shape index (κ1) is 13.8. The molecule has 1 aromatic carbocycles. The molecule has 4 nitrogen and oxygen atoms in total. The monoisotopic (exact) mass is 292 g/mol. The molecule has 1 N–H and O–H groups in total. The Morgan fingerprint density at radius 1 is 1.47 bits per heavy atom. The Bertz CT molecular complexity index is 608. The maximum Gasteiger partial charge on any atom is 0.328 e. The lowest BCUT2D eigenvalue weighted by molar-refractivity contribution is -0.131. The number of aliphatic carboxylic acids is 1. The molecule has 0 unspecified atom stereocenters. The summed E-state index contributed by atoms with van der Waals surface area (Å²) < 4.78 is 5.05. The van der Waals surface area contributed by atoms with Crippen LogP contribution in [0.4, 0.5) is 0 Å². The zero-order valence-electron chi connectivity index (χ0n) is 10.2. The third-order valence-corrected chi connectivity index (χ3v) is 4.29. The average molecular weight is 292 g/mol. The Morgan fingerprint density at radius 2 is 2.26 bits per heavy atom. The van der Waals surface area contributed by atoms with E-state index in [0.717, 1.165) is 33.1 Å². The van der Waals surface area contributed by atoms with Crippen molar-refractivity contribution in [3.05, 3.63) is 47.3 Å². The first-order chi connectivity index (χ1) is 9.15. The van der Waals surface area contributed by atoms with Crippen molar-refractivity contribution >= 4 is 35.3 Å². The second-order valence-corrected chi connectivity index (χ2v) is 5.74. The Labute approximate surface area is 119 Å². The molecule has 0 saturated heterocycles. The van der Waals surface area contributed by atoms with Crippen LogP contribution in [0.1, 0.15) is 17.0 Å². The van der Waals surface area contributed by atoms with Crippen molar-refractivity contribution in [1.82, 2.24) is 9.36 Å².